The van der Waals surface area contributed by atoms with Gasteiger partial charge in [0.05, 0.1) is 24.7 Å². The number of halogens is 2. The number of nitrogens with one attached hydrogen (secondary N) is 1. The summed E-state index contributed by atoms with van der Waals surface area (Å²) in [6, 6.07) is 16.5. The average molecular weight is 593 g/mol. The highest BCUT2D eigenvalue weighted by Gasteiger charge is 2.29. The molecule has 1 atom stereocenters. The van der Waals surface area contributed by atoms with Gasteiger partial charge in [0.25, 0.3) is 0 Å². The first kappa shape index (κ1) is 28.4. The van der Waals surface area contributed by atoms with Gasteiger partial charge in [0.1, 0.15) is 11.3 Å². The van der Waals surface area contributed by atoms with E-state index in [2.05, 4.69) is 22.0 Å². The number of piperazine rings is 1. The van der Waals surface area contributed by atoms with Crippen molar-refractivity contribution in [1.29, 1.82) is 5.26 Å². The highest BCUT2D eigenvalue weighted by molar-refractivity contribution is 6.09. The van der Waals surface area contributed by atoms with Crippen molar-refractivity contribution in [3.8, 4) is 17.2 Å². The molecule has 44 heavy (non-hydrogen) atoms. The third-order valence-electron chi connectivity index (χ3n) is 9.24. The summed E-state index contributed by atoms with van der Waals surface area (Å²) in [6.45, 7) is 5.89. The molecule has 2 saturated heterocycles. The lowest BCUT2D eigenvalue weighted by molar-refractivity contribution is -0.136. The van der Waals surface area contributed by atoms with Gasteiger partial charge in [0.2, 0.25) is 5.91 Å². The van der Waals surface area contributed by atoms with Crippen LogP contribution in [0.3, 0.4) is 0 Å². The number of fused-ring (bicyclic) bond motifs is 4. The molecule has 0 spiro atoms. The van der Waals surface area contributed by atoms with Crippen LogP contribution in [0.4, 0.5) is 8.78 Å². The van der Waals surface area contributed by atoms with Crippen LogP contribution in [0.15, 0.2) is 48.5 Å². The Morgan fingerprint density at radius 3 is 2.73 bits per heavy atom. The fourth-order valence-electron chi connectivity index (χ4n) is 7.07. The number of hydrogen-bond donors (Lipinski definition) is 1. The number of benzene rings is 3. The van der Waals surface area contributed by atoms with E-state index in [1.807, 2.05) is 48.0 Å². The largest absolute Gasteiger partial charge is 0.338 e. The summed E-state index contributed by atoms with van der Waals surface area (Å²) in [5, 5.41) is 16.0. The van der Waals surface area contributed by atoms with E-state index in [9.17, 15) is 14.4 Å². The number of pyridine rings is 1. The Balaban J connectivity index is 1.50. The number of hydrogen-bond acceptors (Lipinski definition) is 5. The first-order chi connectivity index (χ1) is 21.3. The molecule has 0 aliphatic carbocycles. The predicted octanol–water partition coefficient (Wildman–Crippen LogP) is 5.86. The fraction of sp³-hybridized carbons (Fsp3) is 0.343. The van der Waals surface area contributed by atoms with Crippen LogP contribution in [0.1, 0.15) is 35.8 Å². The number of aromatic nitrogens is 2. The average Bonchev–Trinajstić information content (AvgIpc) is 3.67. The highest BCUT2D eigenvalue weighted by Crippen LogP contribution is 2.41. The number of likely N-dealkylation sites (N-methyl/N-ethyl adjacent to an activating group) is 1. The molecule has 1 N–H and O–H groups in total. The Morgan fingerprint density at radius 2 is 1.95 bits per heavy atom. The molecule has 5 aromatic rings. The van der Waals surface area contributed by atoms with Gasteiger partial charge in [-0.15, -0.1) is 0 Å². The van der Waals surface area contributed by atoms with E-state index in [0.717, 1.165) is 48.0 Å². The first-order valence-corrected chi connectivity index (χ1v) is 15.2. The van der Waals surface area contributed by atoms with Gasteiger partial charge in [0.15, 0.2) is 5.82 Å². The minimum atomic E-state index is -0.467. The number of nitrogens with zero attached hydrogens (tertiary/aromatic N) is 5. The summed E-state index contributed by atoms with van der Waals surface area (Å²) in [6.07, 6.45) is 1.47. The zero-order valence-electron chi connectivity index (χ0n) is 25.0. The molecular weight excluding hydrogens is 558 g/mol. The van der Waals surface area contributed by atoms with Crippen LogP contribution in [-0.4, -0.2) is 65.0 Å². The molecule has 2 aliphatic rings. The van der Waals surface area contributed by atoms with Crippen LogP contribution in [0.2, 0.25) is 0 Å². The molecule has 9 heteroatoms. The van der Waals surface area contributed by atoms with Crippen LogP contribution < -0.4 is 5.32 Å². The van der Waals surface area contributed by atoms with E-state index in [0.29, 0.717) is 59.2 Å². The zero-order chi connectivity index (χ0) is 30.5. The fourth-order valence-corrected chi connectivity index (χ4v) is 7.07. The second kappa shape index (κ2) is 11.3. The van der Waals surface area contributed by atoms with Gasteiger partial charge in [0, 0.05) is 59.8 Å². The van der Waals surface area contributed by atoms with Gasteiger partial charge < -0.3 is 14.8 Å². The summed E-state index contributed by atoms with van der Waals surface area (Å²) in [5.74, 6) is -0.763. The topological polar surface area (TPSA) is 77.2 Å². The molecule has 4 heterocycles. The molecule has 2 fully saturated rings. The van der Waals surface area contributed by atoms with Crippen LogP contribution in [-0.2, 0) is 17.8 Å². The maximum atomic E-state index is 17.0. The number of amides is 1. The van der Waals surface area contributed by atoms with E-state index in [1.165, 1.54) is 12.1 Å². The van der Waals surface area contributed by atoms with E-state index >= 15 is 4.39 Å². The Bertz CT molecular complexity index is 1990. The van der Waals surface area contributed by atoms with Gasteiger partial charge in [-0.25, -0.2) is 13.8 Å². The third kappa shape index (κ3) is 4.79. The zero-order valence-corrected chi connectivity index (χ0v) is 25.0. The molecule has 1 unspecified atom stereocenters. The normalized spacial score (nSPS) is 17.8. The molecule has 7 nitrogen and oxygen atoms in total. The SMILES string of the molecule is Cc1nc2c(F)c(-c3cccc4ccc(F)cc34)c(CCC#N)cc2c2c1cc(CN1CCN(C)CC1=O)n2C1CCNC1. The van der Waals surface area contributed by atoms with Gasteiger partial charge >= 0.3 is 0 Å². The molecule has 1 amide bonds. The van der Waals surface area contributed by atoms with Crippen molar-refractivity contribution in [2.45, 2.75) is 38.8 Å². The number of rotatable bonds is 6. The Hall–Kier alpha value is -4.39. The summed E-state index contributed by atoms with van der Waals surface area (Å²) in [7, 11) is 1.96. The van der Waals surface area contributed by atoms with Crippen LogP contribution in [0.25, 0.3) is 43.7 Å². The minimum Gasteiger partial charge on any atom is -0.338 e. The standard InChI is InChI=1S/C35H34F2N6O/c1-21-28-17-26(19-42-14-13-41(2)20-31(42)44)43(25-10-12-39-18-25)35(28)30-15-23(6-4-11-38)32(33(37)34(30)40-21)27-7-3-5-22-8-9-24(36)16-29(22)27/h3,5,7-9,15-17,25,39H,4,6,10,12-14,18-20H2,1-2H3. The van der Waals surface area contributed by atoms with Gasteiger partial charge in [-0.05, 0) is 79.5 Å². The van der Waals surface area contributed by atoms with Crippen molar-refractivity contribution in [2.24, 2.45) is 0 Å². The summed E-state index contributed by atoms with van der Waals surface area (Å²) >= 11 is 0. The lowest BCUT2D eigenvalue weighted by Crippen LogP contribution is -2.48. The minimum absolute atomic E-state index is 0.0980. The summed E-state index contributed by atoms with van der Waals surface area (Å²) in [4.78, 5) is 21.7. The number of aryl methyl sites for hydroxylation is 2. The Labute approximate surface area is 254 Å². The van der Waals surface area contributed by atoms with Crippen molar-refractivity contribution >= 4 is 38.5 Å². The van der Waals surface area contributed by atoms with Crippen molar-refractivity contribution < 1.29 is 13.6 Å². The predicted molar refractivity (Wildman–Crippen MR) is 168 cm³/mol. The molecule has 0 bridgehead atoms. The van der Waals surface area contributed by atoms with E-state index in [4.69, 9.17) is 4.98 Å². The lowest BCUT2D eigenvalue weighted by atomic mass is 9.90. The van der Waals surface area contributed by atoms with Gasteiger partial charge in [-0.1, -0.05) is 24.3 Å². The molecule has 3 aromatic carbocycles. The lowest BCUT2D eigenvalue weighted by Gasteiger charge is -2.32. The summed E-state index contributed by atoms with van der Waals surface area (Å²) < 4.78 is 33.8. The van der Waals surface area contributed by atoms with Gasteiger partial charge in [-0.3, -0.25) is 9.69 Å². The molecule has 2 aromatic heterocycles. The Morgan fingerprint density at radius 1 is 1.09 bits per heavy atom. The maximum Gasteiger partial charge on any atom is 0.237 e. The molecule has 224 valence electrons. The first-order valence-electron chi connectivity index (χ1n) is 15.2. The molecule has 0 radical (unpaired) electrons. The smallest absolute Gasteiger partial charge is 0.237 e. The third-order valence-corrected chi connectivity index (χ3v) is 9.24. The monoisotopic (exact) mass is 592 g/mol. The van der Waals surface area contributed by atoms with Crippen LogP contribution in [0.5, 0.6) is 0 Å². The van der Waals surface area contributed by atoms with Crippen molar-refractivity contribution in [2.75, 3.05) is 39.8 Å². The summed E-state index contributed by atoms with van der Waals surface area (Å²) in [5.41, 5.74) is 4.52. The highest BCUT2D eigenvalue weighted by atomic mass is 19.1. The maximum absolute atomic E-state index is 17.0. The van der Waals surface area contributed by atoms with Crippen LogP contribution in [0, 0.1) is 29.9 Å². The van der Waals surface area contributed by atoms with E-state index < -0.39 is 11.6 Å². The second-order valence-electron chi connectivity index (χ2n) is 12.1. The second-order valence-corrected chi connectivity index (χ2v) is 12.1. The van der Waals surface area contributed by atoms with Crippen molar-refractivity contribution in [3.05, 3.63) is 77.1 Å². The molecule has 7 rings (SSSR count). The van der Waals surface area contributed by atoms with E-state index in [-0.39, 0.29) is 23.9 Å². The number of carbonyl (C=O) groups is 1. The van der Waals surface area contributed by atoms with Gasteiger partial charge in [-0.2, -0.15) is 5.26 Å². The van der Waals surface area contributed by atoms with E-state index in [1.54, 1.807) is 6.07 Å². The number of nitriles is 1. The molecular formula is C35H34F2N6O. The quantitative estimate of drug-likeness (QED) is 0.267. The van der Waals surface area contributed by atoms with Crippen LogP contribution >= 0.6 is 0 Å². The molecule has 2 aliphatic heterocycles. The van der Waals surface area contributed by atoms with Crippen molar-refractivity contribution in [3.63, 3.8) is 0 Å². The number of carbonyl (C=O) groups excluding carboxylic acids is 1. The van der Waals surface area contributed by atoms with Crippen molar-refractivity contribution in [1.82, 2.24) is 24.7 Å². The molecule has 0 saturated carbocycles. The Kier molecular flexibility index (Phi) is 7.27.